The molecule has 2 saturated heterocycles. The van der Waals surface area contributed by atoms with Crippen molar-refractivity contribution in [2.24, 2.45) is 7.05 Å². The number of piperidine rings is 2. The lowest BCUT2D eigenvalue weighted by atomic mass is 10.0. The molecule has 3 aliphatic heterocycles. The van der Waals surface area contributed by atoms with Gasteiger partial charge in [-0.15, -0.1) is 0 Å². The average molecular weight is 502 g/mol. The van der Waals surface area contributed by atoms with Crippen LogP contribution in [0.1, 0.15) is 53.8 Å². The number of aryl methyl sites for hydroxylation is 1. The molecule has 3 aliphatic rings. The quantitative estimate of drug-likeness (QED) is 0.522. The fourth-order valence-electron chi connectivity index (χ4n) is 5.81. The molecule has 3 aromatic rings. The van der Waals surface area contributed by atoms with Gasteiger partial charge in [-0.25, -0.2) is 4.98 Å². The van der Waals surface area contributed by atoms with Crippen molar-refractivity contribution in [2.45, 2.75) is 57.3 Å². The third kappa shape index (κ3) is 4.48. The van der Waals surface area contributed by atoms with E-state index in [0.29, 0.717) is 25.1 Å². The third-order valence-corrected chi connectivity index (χ3v) is 7.91. The molecule has 2 fully saturated rings. The largest absolute Gasteiger partial charge is 0.492 e. The van der Waals surface area contributed by atoms with Crippen LogP contribution in [0.5, 0.6) is 5.75 Å². The number of likely N-dealkylation sites (tertiary alicyclic amines) is 1. The molecule has 2 unspecified atom stereocenters. The second-order valence-corrected chi connectivity index (χ2v) is 10.2. The van der Waals surface area contributed by atoms with Crippen molar-refractivity contribution in [3.8, 4) is 5.75 Å². The van der Waals surface area contributed by atoms with Gasteiger partial charge in [-0.2, -0.15) is 0 Å². The fourth-order valence-corrected chi connectivity index (χ4v) is 5.81. The number of amides is 3. The lowest BCUT2D eigenvalue weighted by Gasteiger charge is -2.35. The van der Waals surface area contributed by atoms with Crippen LogP contribution in [-0.4, -0.2) is 62.3 Å². The van der Waals surface area contributed by atoms with Gasteiger partial charge in [0.15, 0.2) is 0 Å². The summed E-state index contributed by atoms with van der Waals surface area (Å²) in [5.41, 5.74) is 3.61. The van der Waals surface area contributed by atoms with Gasteiger partial charge in [-0.1, -0.05) is 18.6 Å². The molecule has 2 atom stereocenters. The van der Waals surface area contributed by atoms with Crippen LogP contribution in [0, 0.1) is 0 Å². The molecule has 0 spiro atoms. The summed E-state index contributed by atoms with van der Waals surface area (Å²) in [4.78, 5) is 45.7. The third-order valence-electron chi connectivity index (χ3n) is 7.91. The van der Waals surface area contributed by atoms with E-state index < -0.39 is 11.9 Å². The number of fused-ring (bicyclic) bond motifs is 2. The zero-order chi connectivity index (χ0) is 25.5. The number of nitrogens with one attached hydrogen (secondary N) is 1. The van der Waals surface area contributed by atoms with Crippen LogP contribution in [0.3, 0.4) is 0 Å². The number of carbonyl (C=O) groups is 3. The topological polar surface area (TPSA) is 96.8 Å². The molecule has 0 bridgehead atoms. The lowest BCUT2D eigenvalue weighted by molar-refractivity contribution is -0.136. The minimum Gasteiger partial charge on any atom is -0.492 e. The Balaban J connectivity index is 1.12. The van der Waals surface area contributed by atoms with E-state index >= 15 is 0 Å². The molecule has 4 heterocycles. The number of ether oxygens (including phenoxy) is 1. The Morgan fingerprint density at radius 3 is 2.78 bits per heavy atom. The maximum Gasteiger partial charge on any atom is 0.255 e. The van der Waals surface area contributed by atoms with Gasteiger partial charge in [-0.05, 0) is 61.7 Å². The maximum atomic E-state index is 13.0. The number of imidazole rings is 1. The summed E-state index contributed by atoms with van der Waals surface area (Å²) in [7, 11) is 2.07. The van der Waals surface area contributed by atoms with Crippen LogP contribution in [-0.2, 0) is 29.7 Å². The Morgan fingerprint density at radius 2 is 1.95 bits per heavy atom. The van der Waals surface area contributed by atoms with E-state index in [-0.39, 0.29) is 24.3 Å². The first-order valence-electron chi connectivity index (χ1n) is 13.0. The Kier molecular flexibility index (Phi) is 6.16. The van der Waals surface area contributed by atoms with Gasteiger partial charge >= 0.3 is 0 Å². The number of hydrogen-bond acceptors (Lipinski definition) is 6. The highest BCUT2D eigenvalue weighted by molar-refractivity contribution is 6.05. The highest BCUT2D eigenvalue weighted by Crippen LogP contribution is 2.31. The van der Waals surface area contributed by atoms with Crippen molar-refractivity contribution in [1.82, 2.24) is 24.7 Å². The predicted octanol–water partition coefficient (Wildman–Crippen LogP) is 2.77. The van der Waals surface area contributed by atoms with Crippen LogP contribution in [0.2, 0.25) is 0 Å². The Hall–Kier alpha value is -3.72. The summed E-state index contributed by atoms with van der Waals surface area (Å²) in [6, 6.07) is 13.4. The van der Waals surface area contributed by atoms with Gasteiger partial charge in [0.25, 0.3) is 5.91 Å². The van der Waals surface area contributed by atoms with Crippen LogP contribution < -0.4 is 10.1 Å². The summed E-state index contributed by atoms with van der Waals surface area (Å²) < 4.78 is 8.43. The first kappa shape index (κ1) is 23.7. The minimum atomic E-state index is -0.611. The smallest absolute Gasteiger partial charge is 0.255 e. The van der Waals surface area contributed by atoms with Crippen molar-refractivity contribution in [3.63, 3.8) is 0 Å². The molecule has 3 amide bonds. The zero-order valence-electron chi connectivity index (χ0n) is 21.0. The summed E-state index contributed by atoms with van der Waals surface area (Å²) in [5, 5.41) is 2.35. The van der Waals surface area contributed by atoms with E-state index in [1.54, 1.807) is 11.0 Å². The molecule has 1 N–H and O–H groups in total. The second-order valence-electron chi connectivity index (χ2n) is 10.2. The number of aromatic nitrogens is 2. The monoisotopic (exact) mass is 501 g/mol. The van der Waals surface area contributed by atoms with Gasteiger partial charge in [0, 0.05) is 31.6 Å². The van der Waals surface area contributed by atoms with Crippen molar-refractivity contribution in [1.29, 1.82) is 0 Å². The van der Waals surface area contributed by atoms with Gasteiger partial charge < -0.3 is 14.2 Å². The number of nitrogens with zero attached hydrogens (tertiary/aromatic N) is 4. The number of imide groups is 1. The highest BCUT2D eigenvalue weighted by Gasteiger charge is 2.39. The van der Waals surface area contributed by atoms with E-state index in [1.165, 1.54) is 6.42 Å². The Bertz CT molecular complexity index is 1380. The van der Waals surface area contributed by atoms with Crippen molar-refractivity contribution in [2.75, 3.05) is 13.2 Å². The van der Waals surface area contributed by atoms with Crippen LogP contribution in [0.15, 0.2) is 42.5 Å². The molecule has 37 heavy (non-hydrogen) atoms. The van der Waals surface area contributed by atoms with Gasteiger partial charge in [-0.3, -0.25) is 24.6 Å². The van der Waals surface area contributed by atoms with E-state index in [4.69, 9.17) is 9.72 Å². The molecule has 9 nitrogen and oxygen atoms in total. The van der Waals surface area contributed by atoms with Crippen molar-refractivity contribution >= 4 is 28.8 Å². The standard InChI is InChI=1S/C28H31N5O4/c1-31-23-8-3-2-7-22(23)29-25(31)16-32-13-5-4-6-19(32)17-37-20-9-10-21-18(14-20)15-33(28(21)36)24-11-12-26(34)30-27(24)35/h2-3,7-10,14,19,24H,4-6,11-13,15-17H2,1H3,(H,30,34,35). The number of benzene rings is 2. The first-order chi connectivity index (χ1) is 18.0. The van der Waals surface area contributed by atoms with E-state index in [1.807, 2.05) is 24.3 Å². The molecule has 0 aliphatic carbocycles. The van der Waals surface area contributed by atoms with Crippen molar-refractivity contribution < 1.29 is 19.1 Å². The molecule has 0 radical (unpaired) electrons. The SMILES string of the molecule is Cn1c(CN2CCCCC2COc2ccc3c(c2)CN(C2CCC(=O)NC2=O)C3=O)nc2ccccc21. The molecule has 6 rings (SSSR count). The molecule has 192 valence electrons. The van der Waals surface area contributed by atoms with Crippen LogP contribution >= 0.6 is 0 Å². The normalized spacial score (nSPS) is 22.4. The summed E-state index contributed by atoms with van der Waals surface area (Å²) in [5.74, 6) is 0.931. The number of carbonyl (C=O) groups excluding carboxylic acids is 3. The lowest BCUT2D eigenvalue weighted by Crippen LogP contribution is -2.52. The number of rotatable bonds is 6. The zero-order valence-corrected chi connectivity index (χ0v) is 21.0. The number of para-hydroxylation sites is 2. The Morgan fingerprint density at radius 1 is 1.08 bits per heavy atom. The molecular formula is C28H31N5O4. The van der Waals surface area contributed by atoms with Crippen LogP contribution in [0.4, 0.5) is 0 Å². The van der Waals surface area contributed by atoms with Gasteiger partial charge in [0.1, 0.15) is 24.2 Å². The second kappa shape index (κ2) is 9.63. The first-order valence-corrected chi connectivity index (χ1v) is 13.0. The molecule has 9 heteroatoms. The predicted molar refractivity (Wildman–Crippen MR) is 137 cm³/mol. The van der Waals surface area contributed by atoms with Gasteiger partial charge in [0.2, 0.25) is 11.8 Å². The summed E-state index contributed by atoms with van der Waals surface area (Å²) in [6.45, 7) is 2.70. The summed E-state index contributed by atoms with van der Waals surface area (Å²) in [6.07, 6.45) is 4.01. The molecular weight excluding hydrogens is 470 g/mol. The minimum absolute atomic E-state index is 0.169. The van der Waals surface area contributed by atoms with E-state index in [2.05, 4.69) is 34.0 Å². The molecule has 0 saturated carbocycles. The maximum absolute atomic E-state index is 13.0. The molecule has 1 aromatic heterocycles. The number of hydrogen-bond donors (Lipinski definition) is 1. The Labute approximate surface area is 215 Å². The highest BCUT2D eigenvalue weighted by atomic mass is 16.5. The van der Waals surface area contributed by atoms with Crippen molar-refractivity contribution in [3.05, 3.63) is 59.4 Å². The van der Waals surface area contributed by atoms with E-state index in [9.17, 15) is 14.4 Å². The summed E-state index contributed by atoms with van der Waals surface area (Å²) >= 11 is 0. The van der Waals surface area contributed by atoms with Crippen LogP contribution in [0.25, 0.3) is 11.0 Å². The fraction of sp³-hybridized carbons (Fsp3) is 0.429. The average Bonchev–Trinajstić information content (AvgIpc) is 3.39. The van der Waals surface area contributed by atoms with Gasteiger partial charge in [0.05, 0.1) is 17.6 Å². The van der Waals surface area contributed by atoms with E-state index in [0.717, 1.165) is 54.1 Å². The molecule has 2 aromatic carbocycles.